The summed E-state index contributed by atoms with van der Waals surface area (Å²) >= 11 is 0. The van der Waals surface area contributed by atoms with Crippen molar-refractivity contribution in [3.63, 3.8) is 0 Å². The molecule has 0 aromatic carbocycles. The van der Waals surface area contributed by atoms with Gasteiger partial charge in [-0.25, -0.2) is 0 Å². The minimum atomic E-state index is 0. The van der Waals surface area contributed by atoms with Crippen LogP contribution in [-0.4, -0.2) is 6.04 Å². The molecule has 0 radical (unpaired) electrons. The van der Waals surface area contributed by atoms with Gasteiger partial charge in [0.2, 0.25) is 0 Å². The average Bonchev–Trinajstić information content (AvgIpc) is 1.84. The molecular weight excluding hydrogens is 164 g/mol. The standard InChI is InChI=1S/C10H18NO.2Li/c1-5-6-10(12)7-9(4)11-8(2)3;;/h7-8,12H,4-6H2,1-3H3;;/q-1;2*+1/p-1/b10-7-;;. The van der Waals surface area contributed by atoms with Crippen molar-refractivity contribution >= 4 is 0 Å². The molecule has 0 aromatic rings. The van der Waals surface area contributed by atoms with Crippen LogP contribution in [0.15, 0.2) is 24.1 Å². The molecular formula is C10H17Li2NO. The molecule has 0 N–H and O–H groups in total. The van der Waals surface area contributed by atoms with Crippen LogP contribution in [0, 0.1) is 0 Å². The van der Waals surface area contributed by atoms with Crippen LogP contribution in [0.4, 0.5) is 0 Å². The molecule has 0 heterocycles. The van der Waals surface area contributed by atoms with E-state index < -0.39 is 0 Å². The zero-order valence-electron chi connectivity index (χ0n) is 10.1. The summed E-state index contributed by atoms with van der Waals surface area (Å²) < 4.78 is 0. The molecule has 0 saturated carbocycles. The van der Waals surface area contributed by atoms with Gasteiger partial charge in [0.15, 0.2) is 0 Å². The van der Waals surface area contributed by atoms with E-state index in [-0.39, 0.29) is 49.5 Å². The molecule has 0 aliphatic carbocycles. The summed E-state index contributed by atoms with van der Waals surface area (Å²) in [6, 6.07) is 0.211. The van der Waals surface area contributed by atoms with E-state index in [1.165, 1.54) is 6.08 Å². The van der Waals surface area contributed by atoms with Crippen LogP contribution >= 0.6 is 0 Å². The molecule has 70 valence electrons. The van der Waals surface area contributed by atoms with E-state index >= 15 is 0 Å². The maximum atomic E-state index is 11.1. The third kappa shape index (κ3) is 12.3. The summed E-state index contributed by atoms with van der Waals surface area (Å²) in [6.07, 6.45) is 2.99. The van der Waals surface area contributed by atoms with Gasteiger partial charge >= 0.3 is 37.7 Å². The Morgan fingerprint density at radius 3 is 2.29 bits per heavy atom. The fourth-order valence-electron chi connectivity index (χ4n) is 0.873. The normalized spacial score (nSPS) is 10.1. The van der Waals surface area contributed by atoms with Gasteiger partial charge in [0.05, 0.1) is 0 Å². The van der Waals surface area contributed by atoms with Gasteiger partial charge in [-0.05, 0) is 6.42 Å². The van der Waals surface area contributed by atoms with Crippen LogP contribution in [0.2, 0.25) is 0 Å². The number of hydrogen-bond acceptors (Lipinski definition) is 1. The Balaban J connectivity index is -0.000000605. The van der Waals surface area contributed by atoms with Crippen molar-refractivity contribution in [1.82, 2.24) is 0 Å². The molecule has 2 nitrogen and oxygen atoms in total. The van der Waals surface area contributed by atoms with Gasteiger partial charge in [-0.1, -0.05) is 33.3 Å². The Morgan fingerprint density at radius 1 is 1.43 bits per heavy atom. The summed E-state index contributed by atoms with van der Waals surface area (Å²) in [7, 11) is 0. The Bertz CT molecular complexity index is 179. The summed E-state index contributed by atoms with van der Waals surface area (Å²) in [5.41, 5.74) is 0.587. The molecule has 0 amide bonds. The summed E-state index contributed by atoms with van der Waals surface area (Å²) in [4.78, 5) is 0. The zero-order chi connectivity index (χ0) is 9.56. The summed E-state index contributed by atoms with van der Waals surface area (Å²) in [5.74, 6) is 0.118. The largest absolute Gasteiger partial charge is 1.00 e. The first kappa shape index (κ1) is 19.8. The molecule has 0 aromatic heterocycles. The second kappa shape index (κ2) is 11.4. The first-order valence-corrected chi connectivity index (χ1v) is 4.33. The van der Waals surface area contributed by atoms with Crippen molar-refractivity contribution in [3.8, 4) is 0 Å². The predicted octanol–water partition coefficient (Wildman–Crippen LogP) is -3.67. The quantitative estimate of drug-likeness (QED) is 0.245. The molecule has 0 fully saturated rings. The van der Waals surface area contributed by atoms with Gasteiger partial charge in [0.25, 0.3) is 0 Å². The topological polar surface area (TPSA) is 37.2 Å². The van der Waals surface area contributed by atoms with Gasteiger partial charge in [-0.2, -0.15) is 0 Å². The summed E-state index contributed by atoms with van der Waals surface area (Å²) in [5, 5.41) is 15.2. The van der Waals surface area contributed by atoms with Crippen molar-refractivity contribution in [1.29, 1.82) is 0 Å². The number of rotatable bonds is 5. The smallest absolute Gasteiger partial charge is 0.875 e. The van der Waals surface area contributed by atoms with E-state index in [2.05, 4.69) is 11.9 Å². The van der Waals surface area contributed by atoms with Crippen LogP contribution in [0.25, 0.3) is 5.32 Å². The van der Waals surface area contributed by atoms with E-state index in [0.717, 1.165) is 6.42 Å². The first-order valence-electron chi connectivity index (χ1n) is 4.33. The molecule has 0 atom stereocenters. The molecule has 0 saturated heterocycles. The molecule has 0 rings (SSSR count). The second-order valence-electron chi connectivity index (χ2n) is 3.07. The van der Waals surface area contributed by atoms with Crippen molar-refractivity contribution in [2.24, 2.45) is 0 Å². The zero-order valence-corrected chi connectivity index (χ0v) is 10.1. The molecule has 0 spiro atoms. The van der Waals surface area contributed by atoms with E-state index in [1.807, 2.05) is 20.8 Å². The predicted molar refractivity (Wildman–Crippen MR) is 50.6 cm³/mol. The summed E-state index contributed by atoms with van der Waals surface area (Å²) in [6.45, 7) is 9.58. The Hall–Kier alpha value is 0.275. The van der Waals surface area contributed by atoms with Gasteiger partial charge in [0.1, 0.15) is 0 Å². The van der Waals surface area contributed by atoms with Crippen molar-refractivity contribution in [2.45, 2.75) is 39.7 Å². The molecule has 0 bridgehead atoms. The van der Waals surface area contributed by atoms with Crippen LogP contribution in [0.5, 0.6) is 0 Å². The van der Waals surface area contributed by atoms with Crippen molar-refractivity contribution < 1.29 is 42.8 Å². The van der Waals surface area contributed by atoms with Crippen LogP contribution < -0.4 is 42.8 Å². The van der Waals surface area contributed by atoms with Crippen LogP contribution in [-0.2, 0) is 0 Å². The molecule has 0 aliphatic rings. The molecule has 0 aliphatic heterocycles. The fraction of sp³-hybridized carbons (Fsp3) is 0.600. The van der Waals surface area contributed by atoms with Gasteiger partial charge in [-0.3, -0.25) is 0 Å². The molecule has 14 heavy (non-hydrogen) atoms. The minimum Gasteiger partial charge on any atom is -0.875 e. The van der Waals surface area contributed by atoms with Gasteiger partial charge in [-0.15, -0.1) is 24.1 Å². The van der Waals surface area contributed by atoms with Crippen LogP contribution in [0.1, 0.15) is 33.6 Å². The van der Waals surface area contributed by atoms with Crippen molar-refractivity contribution in [3.05, 3.63) is 29.4 Å². The Labute approximate surface area is 112 Å². The molecule has 0 unspecified atom stereocenters. The number of nitrogens with zero attached hydrogens (tertiary/aromatic N) is 1. The maximum absolute atomic E-state index is 11.1. The Kier molecular flexibility index (Phi) is 16.0. The Morgan fingerprint density at radius 2 is 1.93 bits per heavy atom. The number of hydrogen-bond donors (Lipinski definition) is 0. The van der Waals surface area contributed by atoms with E-state index in [4.69, 9.17) is 0 Å². The van der Waals surface area contributed by atoms with E-state index in [1.54, 1.807) is 0 Å². The van der Waals surface area contributed by atoms with Gasteiger partial charge in [0, 0.05) is 0 Å². The fourth-order valence-corrected chi connectivity index (χ4v) is 0.873. The van der Waals surface area contributed by atoms with Gasteiger partial charge < -0.3 is 10.4 Å². The maximum Gasteiger partial charge on any atom is 1.00 e. The van der Waals surface area contributed by atoms with E-state index in [9.17, 15) is 5.11 Å². The monoisotopic (exact) mass is 181 g/mol. The molecule has 4 heteroatoms. The minimum absolute atomic E-state index is 0. The third-order valence-electron chi connectivity index (χ3n) is 1.25. The first-order chi connectivity index (χ1) is 5.56. The van der Waals surface area contributed by atoms with E-state index in [0.29, 0.717) is 12.1 Å². The second-order valence-corrected chi connectivity index (χ2v) is 3.07. The number of allylic oxidation sites excluding steroid dienone is 2. The third-order valence-corrected chi connectivity index (χ3v) is 1.25. The average molecular weight is 181 g/mol. The van der Waals surface area contributed by atoms with Crippen molar-refractivity contribution in [2.75, 3.05) is 0 Å². The van der Waals surface area contributed by atoms with Crippen LogP contribution in [0.3, 0.4) is 0 Å². The SMILES string of the molecule is C=C(/C=C(\[O-])CCC)[N-]C(C)C.[Li+].[Li+].